The van der Waals surface area contributed by atoms with Crippen LogP contribution in [0.3, 0.4) is 0 Å². The molecule has 122 valence electrons. The van der Waals surface area contributed by atoms with Crippen LogP contribution in [0.2, 0.25) is 0 Å². The number of aromatic nitrogens is 2. The van der Waals surface area contributed by atoms with Gasteiger partial charge in [-0.05, 0) is 23.3 Å². The number of rotatable bonds is 5. The average molecular weight is 341 g/mol. The van der Waals surface area contributed by atoms with Gasteiger partial charge < -0.3 is 21.9 Å². The second-order valence-electron chi connectivity index (χ2n) is 5.14. The first-order chi connectivity index (χ1) is 11.5. The molecule has 24 heavy (non-hydrogen) atoms. The molecule has 7 nitrogen and oxygen atoms in total. The van der Waals surface area contributed by atoms with E-state index < -0.39 is 5.97 Å². The average Bonchev–Trinajstić information content (AvgIpc) is 3.01. The number of para-hydroxylation sites is 1. The van der Waals surface area contributed by atoms with Gasteiger partial charge in [-0.3, -0.25) is 4.98 Å². The van der Waals surface area contributed by atoms with E-state index in [4.69, 9.17) is 16.6 Å². The second-order valence-corrected chi connectivity index (χ2v) is 5.99. The number of aromatic carboxylic acids is 1. The number of anilines is 4. The number of carboxylic acids is 1. The lowest BCUT2D eigenvalue weighted by Crippen LogP contribution is -2.02. The van der Waals surface area contributed by atoms with Crippen molar-refractivity contribution in [1.82, 2.24) is 9.97 Å². The second kappa shape index (κ2) is 6.55. The molecule has 3 aromatic rings. The molecular weight excluding hydrogens is 326 g/mol. The van der Waals surface area contributed by atoms with Crippen LogP contribution in [0.5, 0.6) is 0 Å². The van der Waals surface area contributed by atoms with Crippen molar-refractivity contribution in [3.8, 4) is 0 Å². The number of hydrogen-bond donors (Lipinski definition) is 4. The van der Waals surface area contributed by atoms with Crippen LogP contribution in [0.1, 0.15) is 21.6 Å². The van der Waals surface area contributed by atoms with Gasteiger partial charge >= 0.3 is 5.97 Å². The fraction of sp³-hybridized carbons (Fsp3) is 0.0625. The molecule has 0 atom stereocenters. The summed E-state index contributed by atoms with van der Waals surface area (Å²) >= 11 is 1.22. The van der Waals surface area contributed by atoms with Crippen molar-refractivity contribution in [2.24, 2.45) is 0 Å². The summed E-state index contributed by atoms with van der Waals surface area (Å²) in [4.78, 5) is 19.1. The minimum Gasteiger partial charge on any atom is -0.476 e. The summed E-state index contributed by atoms with van der Waals surface area (Å²) in [5, 5.41) is 12.6. The highest BCUT2D eigenvalue weighted by molar-refractivity contribution is 7.14. The maximum absolute atomic E-state index is 11.1. The van der Waals surface area contributed by atoms with Gasteiger partial charge in [-0.2, -0.15) is 0 Å². The van der Waals surface area contributed by atoms with Gasteiger partial charge in [0.2, 0.25) is 0 Å². The predicted octanol–water partition coefficient (Wildman–Crippen LogP) is 2.74. The van der Waals surface area contributed by atoms with Crippen molar-refractivity contribution in [1.29, 1.82) is 0 Å². The lowest BCUT2D eigenvalue weighted by atomic mass is 10.0. The molecule has 0 spiro atoms. The van der Waals surface area contributed by atoms with Crippen molar-refractivity contribution >= 4 is 39.4 Å². The predicted molar refractivity (Wildman–Crippen MR) is 94.7 cm³/mol. The SMILES string of the molecule is Nc1cccc(Cc2cncc(Nc3scnc3C(=O)O)c2)c1N. The number of carboxylic acid groups (broad SMARTS) is 1. The monoisotopic (exact) mass is 341 g/mol. The molecule has 0 saturated heterocycles. The molecule has 0 unspecified atom stereocenters. The number of carbonyl (C=O) groups is 1. The van der Waals surface area contributed by atoms with Gasteiger partial charge in [0.1, 0.15) is 5.00 Å². The number of thiazole rings is 1. The van der Waals surface area contributed by atoms with Crippen molar-refractivity contribution < 1.29 is 9.90 Å². The molecule has 0 bridgehead atoms. The highest BCUT2D eigenvalue weighted by atomic mass is 32.1. The van der Waals surface area contributed by atoms with E-state index in [1.165, 1.54) is 16.8 Å². The Hall–Kier alpha value is -3.13. The summed E-state index contributed by atoms with van der Waals surface area (Å²) in [6.45, 7) is 0. The Balaban J connectivity index is 1.83. The highest BCUT2D eigenvalue weighted by Gasteiger charge is 2.14. The quantitative estimate of drug-likeness (QED) is 0.525. The van der Waals surface area contributed by atoms with E-state index in [1.807, 2.05) is 18.2 Å². The van der Waals surface area contributed by atoms with Crippen LogP contribution < -0.4 is 16.8 Å². The van der Waals surface area contributed by atoms with Gasteiger partial charge in [-0.25, -0.2) is 9.78 Å². The zero-order chi connectivity index (χ0) is 17.1. The fourth-order valence-electron chi connectivity index (χ4n) is 2.28. The zero-order valence-electron chi connectivity index (χ0n) is 12.6. The molecule has 3 rings (SSSR count). The third-order valence-corrected chi connectivity index (χ3v) is 4.19. The first-order valence-electron chi connectivity index (χ1n) is 7.05. The van der Waals surface area contributed by atoms with Gasteiger partial charge in [-0.15, -0.1) is 11.3 Å². The summed E-state index contributed by atoms with van der Waals surface area (Å²) in [5.74, 6) is -1.07. The third kappa shape index (κ3) is 3.28. The van der Waals surface area contributed by atoms with E-state index >= 15 is 0 Å². The Morgan fingerprint density at radius 2 is 2.12 bits per heavy atom. The van der Waals surface area contributed by atoms with E-state index in [9.17, 15) is 4.79 Å². The smallest absolute Gasteiger partial charge is 0.357 e. The van der Waals surface area contributed by atoms with E-state index in [0.29, 0.717) is 28.5 Å². The molecule has 2 aromatic heterocycles. The molecule has 0 fully saturated rings. The number of pyridine rings is 1. The maximum Gasteiger partial charge on any atom is 0.357 e. The van der Waals surface area contributed by atoms with Crippen LogP contribution in [0.25, 0.3) is 0 Å². The van der Waals surface area contributed by atoms with E-state index in [0.717, 1.165) is 11.1 Å². The maximum atomic E-state index is 11.1. The molecule has 0 amide bonds. The minimum atomic E-state index is -1.07. The number of nitrogens with zero attached hydrogens (tertiary/aromatic N) is 2. The Bertz CT molecular complexity index is 894. The minimum absolute atomic E-state index is 0.00881. The largest absolute Gasteiger partial charge is 0.476 e. The highest BCUT2D eigenvalue weighted by Crippen LogP contribution is 2.26. The van der Waals surface area contributed by atoms with Gasteiger partial charge in [0, 0.05) is 12.6 Å². The Labute approximate surface area is 142 Å². The molecule has 0 saturated carbocycles. The molecular formula is C16H15N5O2S. The topological polar surface area (TPSA) is 127 Å². The Morgan fingerprint density at radius 3 is 2.92 bits per heavy atom. The van der Waals surface area contributed by atoms with Crippen LogP contribution in [-0.2, 0) is 6.42 Å². The molecule has 2 heterocycles. The standard InChI is InChI=1S/C16H15N5O2S/c17-12-3-1-2-10(13(12)18)4-9-5-11(7-19-6-9)21-15-14(16(22)23)20-8-24-15/h1-3,5-8,21H,4,17-18H2,(H,22,23). The number of nitrogen functional groups attached to an aromatic ring is 2. The summed E-state index contributed by atoms with van der Waals surface area (Å²) in [7, 11) is 0. The molecule has 6 N–H and O–H groups in total. The summed E-state index contributed by atoms with van der Waals surface area (Å²) in [5.41, 5.74) is 16.9. The molecule has 8 heteroatoms. The van der Waals surface area contributed by atoms with Crippen LogP contribution >= 0.6 is 11.3 Å². The van der Waals surface area contributed by atoms with Crippen molar-refractivity contribution in [2.75, 3.05) is 16.8 Å². The van der Waals surface area contributed by atoms with Crippen LogP contribution in [0.15, 0.2) is 42.2 Å². The molecule has 0 aliphatic rings. The molecule has 0 aliphatic heterocycles. The summed E-state index contributed by atoms with van der Waals surface area (Å²) < 4.78 is 0. The van der Waals surface area contributed by atoms with E-state index in [-0.39, 0.29) is 5.69 Å². The molecule has 0 radical (unpaired) electrons. The lowest BCUT2D eigenvalue weighted by molar-refractivity contribution is 0.0692. The number of hydrogen-bond acceptors (Lipinski definition) is 7. The molecule has 1 aromatic carbocycles. The van der Waals surface area contributed by atoms with Crippen molar-refractivity contribution in [2.45, 2.75) is 6.42 Å². The lowest BCUT2D eigenvalue weighted by Gasteiger charge is -2.10. The summed E-state index contributed by atoms with van der Waals surface area (Å²) in [6.07, 6.45) is 3.93. The zero-order valence-corrected chi connectivity index (χ0v) is 13.4. The Morgan fingerprint density at radius 1 is 1.29 bits per heavy atom. The van der Waals surface area contributed by atoms with Gasteiger partial charge in [-0.1, -0.05) is 12.1 Å². The number of nitrogens with one attached hydrogen (secondary N) is 1. The van der Waals surface area contributed by atoms with E-state index in [1.54, 1.807) is 18.5 Å². The van der Waals surface area contributed by atoms with Gasteiger partial charge in [0.05, 0.1) is 28.8 Å². The third-order valence-electron chi connectivity index (χ3n) is 3.45. The van der Waals surface area contributed by atoms with Gasteiger partial charge in [0.15, 0.2) is 5.69 Å². The Kier molecular flexibility index (Phi) is 4.30. The van der Waals surface area contributed by atoms with Crippen LogP contribution in [0, 0.1) is 0 Å². The molecule has 0 aliphatic carbocycles. The van der Waals surface area contributed by atoms with Crippen LogP contribution in [-0.4, -0.2) is 21.0 Å². The van der Waals surface area contributed by atoms with Crippen molar-refractivity contribution in [3.05, 3.63) is 59.0 Å². The number of benzene rings is 1. The normalized spacial score (nSPS) is 10.5. The fourth-order valence-corrected chi connectivity index (χ4v) is 2.97. The van der Waals surface area contributed by atoms with Gasteiger partial charge in [0.25, 0.3) is 0 Å². The number of nitrogens with two attached hydrogens (primary N) is 2. The van der Waals surface area contributed by atoms with Crippen LogP contribution in [0.4, 0.5) is 22.1 Å². The summed E-state index contributed by atoms with van der Waals surface area (Å²) in [6, 6.07) is 7.41. The van der Waals surface area contributed by atoms with E-state index in [2.05, 4.69) is 15.3 Å². The van der Waals surface area contributed by atoms with Crippen molar-refractivity contribution in [3.63, 3.8) is 0 Å². The first kappa shape index (κ1) is 15.8. The first-order valence-corrected chi connectivity index (χ1v) is 7.93.